The normalized spacial score (nSPS) is 23.9. The van der Waals surface area contributed by atoms with Gasteiger partial charge in [-0.3, -0.25) is 4.90 Å². The Morgan fingerprint density at radius 3 is 2.75 bits per heavy atom. The molecule has 1 aliphatic rings. The van der Waals surface area contributed by atoms with Crippen LogP contribution in [0.4, 0.5) is 0 Å². The van der Waals surface area contributed by atoms with Gasteiger partial charge in [0.15, 0.2) is 6.10 Å². The van der Waals surface area contributed by atoms with Gasteiger partial charge in [0.25, 0.3) is 0 Å². The molecule has 94 valence electrons. The molecular formula is C12H23NO3. The second kappa shape index (κ2) is 6.21. The number of likely N-dealkylation sites (tertiary alicyclic amines) is 1. The summed E-state index contributed by atoms with van der Waals surface area (Å²) in [4.78, 5) is 13.3. The maximum absolute atomic E-state index is 11.0. The zero-order valence-electron chi connectivity index (χ0n) is 10.5. The first kappa shape index (κ1) is 13.5. The van der Waals surface area contributed by atoms with Gasteiger partial charge in [-0.1, -0.05) is 13.8 Å². The molecule has 1 saturated heterocycles. The molecule has 4 heteroatoms. The summed E-state index contributed by atoms with van der Waals surface area (Å²) in [5.41, 5.74) is 0. The predicted molar refractivity (Wildman–Crippen MR) is 62.5 cm³/mol. The van der Waals surface area contributed by atoms with Crippen molar-refractivity contribution in [2.45, 2.75) is 45.8 Å². The van der Waals surface area contributed by atoms with Crippen LogP contribution in [0.1, 0.15) is 33.6 Å². The molecule has 4 nitrogen and oxygen atoms in total. The van der Waals surface area contributed by atoms with E-state index in [-0.39, 0.29) is 0 Å². The van der Waals surface area contributed by atoms with Gasteiger partial charge in [0.05, 0.1) is 0 Å². The van der Waals surface area contributed by atoms with Crippen molar-refractivity contribution in [2.24, 2.45) is 5.92 Å². The molecule has 0 aromatic rings. The summed E-state index contributed by atoms with van der Waals surface area (Å²) in [5.74, 6) is -0.269. The molecule has 0 radical (unpaired) electrons. The van der Waals surface area contributed by atoms with Crippen LogP contribution in [0.25, 0.3) is 0 Å². The molecule has 2 unspecified atom stereocenters. The van der Waals surface area contributed by atoms with E-state index in [0.717, 1.165) is 6.54 Å². The summed E-state index contributed by atoms with van der Waals surface area (Å²) in [6.45, 7) is 8.20. The fourth-order valence-corrected chi connectivity index (χ4v) is 2.45. The molecule has 0 amide bonds. The highest BCUT2D eigenvalue weighted by Gasteiger charge is 2.31. The number of ether oxygens (including phenoxy) is 1. The second-order valence-electron chi connectivity index (χ2n) is 4.73. The number of rotatable bonds is 6. The highest BCUT2D eigenvalue weighted by molar-refractivity contribution is 5.72. The first-order valence-corrected chi connectivity index (χ1v) is 6.14. The second-order valence-corrected chi connectivity index (χ2v) is 4.73. The highest BCUT2D eigenvalue weighted by atomic mass is 16.5. The Hall–Kier alpha value is -0.610. The van der Waals surface area contributed by atoms with Crippen LogP contribution in [0.5, 0.6) is 0 Å². The molecule has 1 fully saturated rings. The van der Waals surface area contributed by atoms with Crippen LogP contribution in [-0.2, 0) is 9.53 Å². The van der Waals surface area contributed by atoms with E-state index in [1.807, 2.05) is 6.92 Å². The van der Waals surface area contributed by atoms with Gasteiger partial charge in [0.1, 0.15) is 0 Å². The van der Waals surface area contributed by atoms with E-state index >= 15 is 0 Å². The van der Waals surface area contributed by atoms with E-state index in [4.69, 9.17) is 9.84 Å². The van der Waals surface area contributed by atoms with E-state index in [2.05, 4.69) is 18.7 Å². The zero-order valence-corrected chi connectivity index (χ0v) is 10.5. The molecule has 0 aromatic carbocycles. The molecule has 1 N–H and O–H groups in total. The average Bonchev–Trinajstić information content (AvgIpc) is 2.65. The van der Waals surface area contributed by atoms with Crippen LogP contribution in [0.3, 0.4) is 0 Å². The number of aliphatic carboxylic acids is 1. The van der Waals surface area contributed by atoms with Crippen LogP contribution >= 0.6 is 0 Å². The summed E-state index contributed by atoms with van der Waals surface area (Å²) >= 11 is 0. The predicted octanol–water partition coefficient (Wildman–Crippen LogP) is 1.60. The Kier molecular flexibility index (Phi) is 5.22. The largest absolute Gasteiger partial charge is 0.479 e. The molecular weight excluding hydrogens is 206 g/mol. The fourth-order valence-electron chi connectivity index (χ4n) is 2.45. The number of nitrogens with zero attached hydrogens (tertiary/aromatic N) is 1. The first-order chi connectivity index (χ1) is 7.56. The Bertz CT molecular complexity index is 230. The van der Waals surface area contributed by atoms with Crippen molar-refractivity contribution in [3.63, 3.8) is 0 Å². The number of hydrogen-bond acceptors (Lipinski definition) is 3. The molecule has 0 bridgehead atoms. The quantitative estimate of drug-likeness (QED) is 0.751. The molecule has 1 rings (SSSR count). The van der Waals surface area contributed by atoms with Gasteiger partial charge in [-0.2, -0.15) is 0 Å². The maximum atomic E-state index is 11.0. The molecule has 0 aromatic heterocycles. The third kappa shape index (κ3) is 3.46. The van der Waals surface area contributed by atoms with Crippen molar-refractivity contribution >= 4 is 5.97 Å². The molecule has 0 saturated carbocycles. The third-order valence-electron chi connectivity index (χ3n) is 3.23. The van der Waals surface area contributed by atoms with Crippen LogP contribution in [-0.4, -0.2) is 47.8 Å². The maximum Gasteiger partial charge on any atom is 0.334 e. The molecule has 1 aliphatic heterocycles. The summed E-state index contributed by atoms with van der Waals surface area (Å²) in [6, 6.07) is 0.516. The van der Waals surface area contributed by atoms with Crippen LogP contribution in [0.15, 0.2) is 0 Å². The lowest BCUT2D eigenvalue weighted by atomic mass is 10.0. The van der Waals surface area contributed by atoms with Gasteiger partial charge >= 0.3 is 5.97 Å². The van der Waals surface area contributed by atoms with Crippen molar-refractivity contribution in [1.82, 2.24) is 4.90 Å². The van der Waals surface area contributed by atoms with E-state index in [0.29, 0.717) is 25.1 Å². The lowest BCUT2D eigenvalue weighted by molar-refractivity contribution is -0.151. The minimum absolute atomic E-state index is 0.456. The van der Waals surface area contributed by atoms with E-state index in [1.54, 1.807) is 0 Å². The summed E-state index contributed by atoms with van der Waals surface area (Å²) in [5, 5.41) is 9.04. The Labute approximate surface area is 97.6 Å². The van der Waals surface area contributed by atoms with Crippen molar-refractivity contribution in [3.05, 3.63) is 0 Å². The van der Waals surface area contributed by atoms with E-state index in [1.165, 1.54) is 12.8 Å². The van der Waals surface area contributed by atoms with Gasteiger partial charge in [0, 0.05) is 19.2 Å². The van der Waals surface area contributed by atoms with Gasteiger partial charge < -0.3 is 9.84 Å². The first-order valence-electron chi connectivity index (χ1n) is 6.14. The van der Waals surface area contributed by atoms with Crippen LogP contribution in [0, 0.1) is 5.92 Å². The Balaban J connectivity index is 2.53. The lowest BCUT2D eigenvalue weighted by Crippen LogP contribution is -2.42. The molecule has 2 atom stereocenters. The van der Waals surface area contributed by atoms with Crippen molar-refractivity contribution in [1.29, 1.82) is 0 Å². The molecule has 0 spiro atoms. The Morgan fingerprint density at radius 1 is 1.56 bits per heavy atom. The third-order valence-corrected chi connectivity index (χ3v) is 3.23. The minimum Gasteiger partial charge on any atom is -0.479 e. The highest BCUT2D eigenvalue weighted by Crippen LogP contribution is 2.24. The summed E-state index contributed by atoms with van der Waals surface area (Å²) in [6.07, 6.45) is 1.67. The Morgan fingerprint density at radius 2 is 2.25 bits per heavy atom. The average molecular weight is 229 g/mol. The zero-order chi connectivity index (χ0) is 12.1. The van der Waals surface area contributed by atoms with Gasteiger partial charge in [0.2, 0.25) is 0 Å². The summed E-state index contributed by atoms with van der Waals surface area (Å²) in [7, 11) is 0. The van der Waals surface area contributed by atoms with E-state index < -0.39 is 12.1 Å². The SMILES string of the molecule is CCOC(CN1CCCC1C(C)C)C(=O)O. The molecule has 1 heterocycles. The summed E-state index contributed by atoms with van der Waals surface area (Å²) < 4.78 is 5.25. The standard InChI is InChI=1S/C12H23NO3/c1-4-16-11(12(14)15)8-13-7-5-6-10(13)9(2)3/h9-11H,4-8H2,1-3H3,(H,14,15). The molecule has 0 aliphatic carbocycles. The van der Waals surface area contributed by atoms with Gasteiger partial charge in [-0.15, -0.1) is 0 Å². The minimum atomic E-state index is -0.851. The van der Waals surface area contributed by atoms with Gasteiger partial charge in [-0.25, -0.2) is 4.79 Å². The van der Waals surface area contributed by atoms with Crippen molar-refractivity contribution < 1.29 is 14.6 Å². The molecule has 16 heavy (non-hydrogen) atoms. The smallest absolute Gasteiger partial charge is 0.334 e. The van der Waals surface area contributed by atoms with Crippen LogP contribution in [0.2, 0.25) is 0 Å². The number of carboxylic acids is 1. The number of hydrogen-bond donors (Lipinski definition) is 1. The van der Waals surface area contributed by atoms with Gasteiger partial charge in [-0.05, 0) is 32.2 Å². The van der Waals surface area contributed by atoms with Crippen molar-refractivity contribution in [3.8, 4) is 0 Å². The fraction of sp³-hybridized carbons (Fsp3) is 0.917. The van der Waals surface area contributed by atoms with E-state index in [9.17, 15) is 4.79 Å². The number of carboxylic acid groups (broad SMARTS) is 1. The number of carbonyl (C=O) groups is 1. The van der Waals surface area contributed by atoms with Crippen molar-refractivity contribution in [2.75, 3.05) is 19.7 Å². The van der Waals surface area contributed by atoms with Crippen LogP contribution < -0.4 is 0 Å². The monoisotopic (exact) mass is 229 g/mol. The topological polar surface area (TPSA) is 49.8 Å². The lowest BCUT2D eigenvalue weighted by Gasteiger charge is -2.29.